The SMILES string of the molecule is Cc1cc(C(=O)O)ncc1-c1cc2cc(NC(=O)[C@@H]3C[C@H]3c3cnn(C)c3)ncc2c(N)n1.Cc1cc(C(=O)O)ncc1-c1cc2cc(NC(=O)[C@H]3C[C@@H]3c3cnn(C)c3)ncc2c(N)n1. The van der Waals surface area contributed by atoms with Gasteiger partial charge in [-0.25, -0.2) is 39.5 Å². The second-order valence-electron chi connectivity index (χ2n) is 16.5. The number of rotatable bonds is 10. The van der Waals surface area contributed by atoms with Crippen LogP contribution in [0.1, 0.15) is 67.9 Å². The number of carbonyl (C=O) groups is 4. The van der Waals surface area contributed by atoms with Crippen molar-refractivity contribution >= 4 is 68.6 Å². The third-order valence-electron chi connectivity index (χ3n) is 11.8. The van der Waals surface area contributed by atoms with Crippen molar-refractivity contribution in [2.75, 3.05) is 22.1 Å². The first-order chi connectivity index (χ1) is 31.6. The number of nitrogens with one attached hydrogen (secondary N) is 2. The summed E-state index contributed by atoms with van der Waals surface area (Å²) in [5, 5.41) is 35.2. The first-order valence-electron chi connectivity index (χ1n) is 20.7. The predicted octanol–water partition coefficient (Wildman–Crippen LogP) is 5.51. The highest BCUT2D eigenvalue weighted by atomic mass is 16.4. The van der Waals surface area contributed by atoms with Crippen LogP contribution >= 0.6 is 0 Å². The van der Waals surface area contributed by atoms with Gasteiger partial charge in [-0.15, -0.1) is 0 Å². The van der Waals surface area contributed by atoms with Crippen LogP contribution in [0.5, 0.6) is 0 Å². The van der Waals surface area contributed by atoms with Crippen molar-refractivity contribution in [1.82, 2.24) is 49.5 Å². The van der Waals surface area contributed by atoms with Crippen LogP contribution in [0.15, 0.2) is 86.0 Å². The number of aryl methyl sites for hydroxylation is 4. The largest absolute Gasteiger partial charge is 0.477 e. The Morgan fingerprint density at radius 1 is 0.591 bits per heavy atom. The minimum atomic E-state index is -1.09. The zero-order valence-electron chi connectivity index (χ0n) is 36.0. The van der Waals surface area contributed by atoms with Crippen LogP contribution in [0.25, 0.3) is 44.1 Å². The molecule has 8 aromatic rings. The Bertz CT molecular complexity index is 3080. The number of fused-ring (bicyclic) bond motifs is 2. The van der Waals surface area contributed by atoms with Crippen molar-refractivity contribution in [3.8, 4) is 22.5 Å². The van der Waals surface area contributed by atoms with E-state index in [4.69, 9.17) is 21.7 Å². The summed E-state index contributed by atoms with van der Waals surface area (Å²) in [4.78, 5) is 73.3. The molecule has 8 heterocycles. The number of nitrogens with zero attached hydrogens (tertiary/aromatic N) is 10. The van der Waals surface area contributed by atoms with Gasteiger partial charge in [0, 0.05) is 85.0 Å². The lowest BCUT2D eigenvalue weighted by Crippen LogP contribution is -2.15. The summed E-state index contributed by atoms with van der Waals surface area (Å²) in [6, 6.07) is 10.1. The van der Waals surface area contributed by atoms with Gasteiger partial charge in [-0.2, -0.15) is 10.2 Å². The fraction of sp³-hybridized carbons (Fsp3) is 0.217. The molecule has 8 N–H and O–H groups in total. The molecule has 20 nitrogen and oxygen atoms in total. The van der Waals surface area contributed by atoms with Crippen LogP contribution in [0.2, 0.25) is 0 Å². The van der Waals surface area contributed by atoms with Crippen molar-refractivity contribution in [3.05, 3.63) is 120 Å². The average Bonchev–Trinajstić information content (AvgIpc) is 4.18. The first kappa shape index (κ1) is 42.6. The van der Waals surface area contributed by atoms with Crippen molar-refractivity contribution in [2.24, 2.45) is 25.9 Å². The fourth-order valence-corrected chi connectivity index (χ4v) is 8.05. The van der Waals surface area contributed by atoms with Gasteiger partial charge < -0.3 is 32.3 Å². The van der Waals surface area contributed by atoms with Gasteiger partial charge in [-0.05, 0) is 108 Å². The van der Waals surface area contributed by atoms with Crippen molar-refractivity contribution in [2.45, 2.75) is 38.5 Å². The summed E-state index contributed by atoms with van der Waals surface area (Å²) in [6.45, 7) is 3.58. The Labute approximate surface area is 375 Å². The molecule has 66 heavy (non-hydrogen) atoms. The smallest absolute Gasteiger partial charge is 0.354 e. The van der Waals surface area contributed by atoms with Gasteiger partial charge >= 0.3 is 11.9 Å². The molecule has 10 rings (SSSR count). The Balaban J connectivity index is 0.000000166. The summed E-state index contributed by atoms with van der Waals surface area (Å²) in [6.07, 6.45) is 15.1. The molecule has 0 aromatic carbocycles. The Morgan fingerprint density at radius 3 is 1.35 bits per heavy atom. The molecular formula is C46H42N14O6. The fourth-order valence-electron chi connectivity index (χ4n) is 8.05. The molecule has 0 saturated heterocycles. The number of anilines is 4. The zero-order valence-corrected chi connectivity index (χ0v) is 36.0. The molecule has 8 aromatic heterocycles. The van der Waals surface area contributed by atoms with Gasteiger partial charge in [0.1, 0.15) is 34.7 Å². The summed E-state index contributed by atoms with van der Waals surface area (Å²) in [7, 11) is 3.71. The van der Waals surface area contributed by atoms with E-state index in [0.717, 1.165) is 34.7 Å². The molecule has 2 aliphatic rings. The first-order valence-corrected chi connectivity index (χ1v) is 20.7. The Kier molecular flexibility index (Phi) is 10.8. The van der Waals surface area contributed by atoms with E-state index in [0.29, 0.717) is 56.0 Å². The number of nitrogens with two attached hydrogens (primary N) is 2. The van der Waals surface area contributed by atoms with Crippen LogP contribution in [-0.4, -0.2) is 83.4 Å². The lowest BCUT2D eigenvalue weighted by Gasteiger charge is -2.10. The minimum absolute atomic E-state index is 0.0381. The molecule has 2 saturated carbocycles. The monoisotopic (exact) mass is 886 g/mol. The van der Waals surface area contributed by atoms with Crippen LogP contribution in [0.4, 0.5) is 23.3 Å². The van der Waals surface area contributed by atoms with Gasteiger partial charge in [-0.3, -0.25) is 19.0 Å². The summed E-state index contributed by atoms with van der Waals surface area (Å²) in [5.41, 5.74) is 18.3. The van der Waals surface area contributed by atoms with Gasteiger partial charge in [0.15, 0.2) is 0 Å². The molecule has 0 radical (unpaired) electrons. The average molecular weight is 887 g/mol. The second kappa shape index (κ2) is 16.8. The third-order valence-corrected chi connectivity index (χ3v) is 11.8. The lowest BCUT2D eigenvalue weighted by molar-refractivity contribution is -0.118. The molecule has 0 aliphatic heterocycles. The quantitative estimate of drug-likeness (QED) is 0.0986. The van der Waals surface area contributed by atoms with E-state index in [1.807, 2.05) is 38.6 Å². The Morgan fingerprint density at radius 2 is 1.00 bits per heavy atom. The number of carboxylic acids is 2. The molecule has 2 aliphatic carbocycles. The predicted molar refractivity (Wildman–Crippen MR) is 243 cm³/mol. The molecule has 0 bridgehead atoms. The molecule has 2 fully saturated rings. The zero-order chi connectivity index (χ0) is 46.6. The molecule has 0 spiro atoms. The summed E-state index contributed by atoms with van der Waals surface area (Å²) < 4.78 is 3.46. The molecule has 2 amide bonds. The number of carboxylic acid groups (broad SMARTS) is 2. The van der Waals surface area contributed by atoms with Crippen LogP contribution in [-0.2, 0) is 23.7 Å². The summed E-state index contributed by atoms with van der Waals surface area (Å²) >= 11 is 0. The normalized spacial score (nSPS) is 17.2. The maximum Gasteiger partial charge on any atom is 0.354 e. The number of amides is 2. The van der Waals surface area contributed by atoms with Crippen LogP contribution in [0, 0.1) is 25.7 Å². The van der Waals surface area contributed by atoms with Gasteiger partial charge in [0.2, 0.25) is 11.8 Å². The van der Waals surface area contributed by atoms with E-state index in [2.05, 4.69) is 50.7 Å². The van der Waals surface area contributed by atoms with Gasteiger partial charge in [-0.1, -0.05) is 0 Å². The van der Waals surface area contributed by atoms with E-state index in [1.165, 1.54) is 24.5 Å². The van der Waals surface area contributed by atoms with Gasteiger partial charge in [0.25, 0.3) is 0 Å². The van der Waals surface area contributed by atoms with E-state index >= 15 is 0 Å². The number of aromatic nitrogens is 10. The maximum atomic E-state index is 12.7. The van der Waals surface area contributed by atoms with Crippen molar-refractivity contribution < 1.29 is 29.4 Å². The van der Waals surface area contributed by atoms with E-state index in [9.17, 15) is 19.2 Å². The second-order valence-corrected chi connectivity index (χ2v) is 16.5. The van der Waals surface area contributed by atoms with Crippen molar-refractivity contribution in [3.63, 3.8) is 0 Å². The van der Waals surface area contributed by atoms with E-state index in [-0.39, 0.29) is 58.5 Å². The molecule has 4 atom stereocenters. The van der Waals surface area contributed by atoms with Crippen LogP contribution in [0.3, 0.4) is 0 Å². The van der Waals surface area contributed by atoms with E-state index in [1.54, 1.807) is 60.1 Å². The molecule has 0 unspecified atom stereocenters. The molecular weight excluding hydrogens is 845 g/mol. The van der Waals surface area contributed by atoms with E-state index < -0.39 is 11.9 Å². The topological polar surface area (TPSA) is 298 Å². The standard InChI is InChI=1S/2C23H21N7O3/c2*1-11-3-19(23(32)33)25-8-16(11)18-4-12-5-20(26-9-17(12)21(24)28-18)29-22(31)15-6-14(15)13-7-27-30(2)10-13/h2*3-5,7-10,14-15H,6H2,1-2H3,(H2,24,28)(H,32,33)(H,26,29,31)/t2*14-,15+/m10/s1. The van der Waals surface area contributed by atoms with Gasteiger partial charge in [0.05, 0.1) is 23.8 Å². The molecule has 332 valence electrons. The highest BCUT2D eigenvalue weighted by molar-refractivity contribution is 6.00. The van der Waals surface area contributed by atoms with Crippen molar-refractivity contribution in [1.29, 1.82) is 0 Å². The number of carbonyl (C=O) groups excluding carboxylic acids is 2. The number of hydrogen-bond donors (Lipinski definition) is 6. The Hall–Kier alpha value is -8.68. The van der Waals surface area contributed by atoms with Crippen LogP contribution < -0.4 is 22.1 Å². The minimum Gasteiger partial charge on any atom is -0.477 e. The highest BCUT2D eigenvalue weighted by Crippen LogP contribution is 2.49. The maximum absolute atomic E-state index is 12.7. The number of aromatic carboxylic acids is 2. The third kappa shape index (κ3) is 8.66. The number of pyridine rings is 6. The molecule has 20 heteroatoms. The summed E-state index contributed by atoms with van der Waals surface area (Å²) in [5.74, 6) is -0.783. The lowest BCUT2D eigenvalue weighted by atomic mass is 10.0. The highest BCUT2D eigenvalue weighted by Gasteiger charge is 2.45. The number of nitrogen functional groups attached to an aromatic ring is 2. The number of hydrogen-bond acceptors (Lipinski definition) is 14.